The van der Waals surface area contributed by atoms with Gasteiger partial charge in [-0.25, -0.2) is 0 Å². The highest BCUT2D eigenvalue weighted by Gasteiger charge is 2.29. The van der Waals surface area contributed by atoms with Crippen molar-refractivity contribution in [2.75, 3.05) is 19.6 Å². The van der Waals surface area contributed by atoms with Crippen molar-refractivity contribution in [1.29, 1.82) is 0 Å². The fourth-order valence-corrected chi connectivity index (χ4v) is 3.08. The number of aliphatic imine (C=N–C) groups is 1. The molecule has 2 N–H and O–H groups in total. The Labute approximate surface area is 111 Å². The van der Waals surface area contributed by atoms with Gasteiger partial charge in [-0.1, -0.05) is 6.92 Å². The van der Waals surface area contributed by atoms with Crippen LogP contribution in [0.5, 0.6) is 0 Å². The fraction of sp³-hybridized carbons (Fsp3) is 0.929. The zero-order chi connectivity index (χ0) is 13.1. The van der Waals surface area contributed by atoms with Gasteiger partial charge in [0.1, 0.15) is 0 Å². The maximum absolute atomic E-state index is 6.10. The molecular weight excluding hydrogens is 226 g/mol. The maximum atomic E-state index is 6.10. The van der Waals surface area contributed by atoms with Gasteiger partial charge in [0.25, 0.3) is 0 Å². The Kier molecular flexibility index (Phi) is 4.49. The molecule has 4 unspecified atom stereocenters. The fourth-order valence-electron chi connectivity index (χ4n) is 3.08. The summed E-state index contributed by atoms with van der Waals surface area (Å²) >= 11 is 0. The van der Waals surface area contributed by atoms with E-state index in [1.807, 2.05) is 0 Å². The van der Waals surface area contributed by atoms with Crippen LogP contribution in [0.1, 0.15) is 40.0 Å². The summed E-state index contributed by atoms with van der Waals surface area (Å²) in [5, 5.41) is 0. The average Bonchev–Trinajstić information content (AvgIpc) is 2.65. The quantitative estimate of drug-likeness (QED) is 0.603. The van der Waals surface area contributed by atoms with Crippen LogP contribution in [0.3, 0.4) is 0 Å². The molecular formula is C14H27N3O. The smallest absolute Gasteiger partial charge is 0.191 e. The molecule has 2 heterocycles. The molecule has 2 fully saturated rings. The second-order valence-corrected chi connectivity index (χ2v) is 6.04. The van der Waals surface area contributed by atoms with E-state index in [0.29, 0.717) is 18.1 Å². The van der Waals surface area contributed by atoms with Crippen LogP contribution in [0, 0.1) is 11.8 Å². The predicted octanol–water partition coefficient (Wildman–Crippen LogP) is 1.85. The number of piperidine rings is 1. The Balaban J connectivity index is 1.84. The number of likely N-dealkylation sites (tertiary alicyclic amines) is 1. The zero-order valence-corrected chi connectivity index (χ0v) is 11.9. The average molecular weight is 253 g/mol. The van der Waals surface area contributed by atoms with E-state index in [1.54, 1.807) is 0 Å². The SMILES string of the molecule is CC1CCCN(C(N)=NCC2CC(C)OC2C)C1. The summed E-state index contributed by atoms with van der Waals surface area (Å²) in [5.74, 6) is 2.00. The van der Waals surface area contributed by atoms with Crippen LogP contribution in [0.15, 0.2) is 4.99 Å². The van der Waals surface area contributed by atoms with Gasteiger partial charge in [-0.3, -0.25) is 4.99 Å². The van der Waals surface area contributed by atoms with Crippen molar-refractivity contribution in [3.8, 4) is 0 Å². The molecule has 0 aromatic heterocycles. The highest BCUT2D eigenvalue weighted by Crippen LogP contribution is 2.26. The minimum atomic E-state index is 0.317. The van der Waals surface area contributed by atoms with Gasteiger partial charge in [-0.15, -0.1) is 0 Å². The summed E-state index contributed by atoms with van der Waals surface area (Å²) < 4.78 is 5.74. The molecule has 18 heavy (non-hydrogen) atoms. The van der Waals surface area contributed by atoms with E-state index in [-0.39, 0.29) is 0 Å². The Hall–Kier alpha value is -0.770. The first kappa shape index (κ1) is 13.7. The van der Waals surface area contributed by atoms with Crippen molar-refractivity contribution in [3.63, 3.8) is 0 Å². The van der Waals surface area contributed by atoms with Gasteiger partial charge < -0.3 is 15.4 Å². The lowest BCUT2D eigenvalue weighted by Gasteiger charge is -2.31. The van der Waals surface area contributed by atoms with Crippen LogP contribution < -0.4 is 5.73 Å². The molecule has 0 bridgehead atoms. The molecule has 2 rings (SSSR count). The minimum Gasteiger partial charge on any atom is -0.375 e. The summed E-state index contributed by atoms with van der Waals surface area (Å²) in [6.07, 6.45) is 4.34. The molecule has 4 nitrogen and oxygen atoms in total. The van der Waals surface area contributed by atoms with E-state index in [2.05, 4.69) is 30.7 Å². The van der Waals surface area contributed by atoms with Crippen molar-refractivity contribution >= 4 is 5.96 Å². The third-order valence-electron chi connectivity index (χ3n) is 4.21. The van der Waals surface area contributed by atoms with Crippen molar-refractivity contribution in [3.05, 3.63) is 0 Å². The molecule has 4 atom stereocenters. The first-order valence-corrected chi connectivity index (χ1v) is 7.26. The number of ether oxygens (including phenoxy) is 1. The van der Waals surface area contributed by atoms with Crippen LogP contribution in [0.4, 0.5) is 0 Å². The molecule has 2 aliphatic heterocycles. The first-order valence-electron chi connectivity index (χ1n) is 7.26. The lowest BCUT2D eigenvalue weighted by molar-refractivity contribution is 0.0570. The molecule has 2 aliphatic rings. The van der Waals surface area contributed by atoms with Gasteiger partial charge in [0.15, 0.2) is 5.96 Å². The van der Waals surface area contributed by atoms with Gasteiger partial charge in [0, 0.05) is 25.6 Å². The van der Waals surface area contributed by atoms with Crippen LogP contribution in [0.2, 0.25) is 0 Å². The van der Waals surface area contributed by atoms with Crippen LogP contribution in [-0.4, -0.2) is 42.7 Å². The van der Waals surface area contributed by atoms with E-state index < -0.39 is 0 Å². The van der Waals surface area contributed by atoms with Gasteiger partial charge in [0.05, 0.1) is 12.2 Å². The predicted molar refractivity (Wildman–Crippen MR) is 74.6 cm³/mol. The molecule has 0 spiro atoms. The topological polar surface area (TPSA) is 50.8 Å². The third-order valence-corrected chi connectivity index (χ3v) is 4.21. The highest BCUT2D eigenvalue weighted by atomic mass is 16.5. The number of hydrogen-bond acceptors (Lipinski definition) is 2. The number of nitrogens with two attached hydrogens (primary N) is 1. The van der Waals surface area contributed by atoms with E-state index >= 15 is 0 Å². The Morgan fingerprint density at radius 2 is 2.17 bits per heavy atom. The molecule has 104 valence electrons. The summed E-state index contributed by atoms with van der Waals surface area (Å²) in [7, 11) is 0. The van der Waals surface area contributed by atoms with Crippen LogP contribution in [-0.2, 0) is 4.74 Å². The molecule has 4 heteroatoms. The summed E-state index contributed by atoms with van der Waals surface area (Å²) in [6.45, 7) is 9.49. The van der Waals surface area contributed by atoms with E-state index in [1.165, 1.54) is 12.8 Å². The summed E-state index contributed by atoms with van der Waals surface area (Å²) in [6, 6.07) is 0. The zero-order valence-electron chi connectivity index (χ0n) is 11.9. The summed E-state index contributed by atoms with van der Waals surface area (Å²) in [4.78, 5) is 6.82. The lowest BCUT2D eigenvalue weighted by Crippen LogP contribution is -2.43. The number of guanidine groups is 1. The molecule has 0 amide bonds. The third kappa shape index (κ3) is 3.37. The summed E-state index contributed by atoms with van der Waals surface area (Å²) in [5.41, 5.74) is 6.10. The van der Waals surface area contributed by atoms with Gasteiger partial charge >= 0.3 is 0 Å². The standard InChI is InChI=1S/C14H27N3O/c1-10-5-4-6-17(9-10)14(15)16-8-13-7-11(2)18-12(13)3/h10-13H,4-9H2,1-3H3,(H2,15,16). The van der Waals surface area contributed by atoms with Crippen LogP contribution >= 0.6 is 0 Å². The molecule has 0 saturated carbocycles. The van der Waals surface area contributed by atoms with Crippen molar-refractivity contribution in [2.24, 2.45) is 22.6 Å². The first-order chi connectivity index (χ1) is 8.56. The molecule has 0 radical (unpaired) electrons. The second kappa shape index (κ2) is 5.91. The van der Waals surface area contributed by atoms with Gasteiger partial charge in [-0.2, -0.15) is 0 Å². The minimum absolute atomic E-state index is 0.317. The second-order valence-electron chi connectivity index (χ2n) is 6.04. The van der Waals surface area contributed by atoms with Crippen molar-refractivity contribution in [1.82, 2.24) is 4.90 Å². The molecule has 0 aromatic rings. The number of nitrogens with zero attached hydrogens (tertiary/aromatic N) is 2. The van der Waals surface area contributed by atoms with Crippen molar-refractivity contribution < 1.29 is 4.74 Å². The number of hydrogen-bond donors (Lipinski definition) is 1. The monoisotopic (exact) mass is 253 g/mol. The highest BCUT2D eigenvalue weighted by molar-refractivity contribution is 5.78. The van der Waals surface area contributed by atoms with E-state index in [9.17, 15) is 0 Å². The normalized spacial score (nSPS) is 38.2. The molecule has 0 aliphatic carbocycles. The van der Waals surface area contributed by atoms with E-state index in [4.69, 9.17) is 10.5 Å². The van der Waals surface area contributed by atoms with Gasteiger partial charge in [-0.05, 0) is 39.0 Å². The van der Waals surface area contributed by atoms with Crippen LogP contribution in [0.25, 0.3) is 0 Å². The Morgan fingerprint density at radius 1 is 1.39 bits per heavy atom. The Bertz CT molecular complexity index is 305. The Morgan fingerprint density at radius 3 is 2.78 bits per heavy atom. The van der Waals surface area contributed by atoms with Crippen molar-refractivity contribution in [2.45, 2.75) is 52.2 Å². The molecule has 2 saturated heterocycles. The maximum Gasteiger partial charge on any atom is 0.191 e. The van der Waals surface area contributed by atoms with E-state index in [0.717, 1.165) is 37.9 Å². The number of rotatable bonds is 2. The largest absolute Gasteiger partial charge is 0.375 e. The lowest BCUT2D eigenvalue weighted by atomic mass is 10.0. The molecule has 0 aromatic carbocycles. The van der Waals surface area contributed by atoms with Gasteiger partial charge in [0.2, 0.25) is 0 Å².